The average molecular weight is 409 g/mol. The highest BCUT2D eigenvalue weighted by molar-refractivity contribution is 6.30. The van der Waals surface area contributed by atoms with E-state index in [-0.39, 0.29) is 28.6 Å². The summed E-state index contributed by atoms with van der Waals surface area (Å²) in [6.45, 7) is 1.73. The molecule has 0 bridgehead atoms. The Labute approximate surface area is 174 Å². The maximum atomic E-state index is 13.2. The molecule has 1 fully saturated rings. The Morgan fingerprint density at radius 3 is 2.50 bits per heavy atom. The second-order valence-corrected chi connectivity index (χ2v) is 7.67. The predicted octanol–water partition coefficient (Wildman–Crippen LogP) is 2.78. The Hall–Kier alpha value is -3.19. The molecule has 0 saturated carbocycles. The zero-order valence-electron chi connectivity index (χ0n) is 16.9. The van der Waals surface area contributed by atoms with Crippen molar-refractivity contribution in [3.05, 3.63) is 58.1 Å². The van der Waals surface area contributed by atoms with E-state index in [1.54, 1.807) is 30.3 Å². The fraction of sp³-hybridized carbons (Fsp3) is 0.348. The van der Waals surface area contributed by atoms with E-state index in [0.717, 1.165) is 18.5 Å². The molecule has 0 radical (unpaired) electrons. The summed E-state index contributed by atoms with van der Waals surface area (Å²) >= 11 is 0. The third kappa shape index (κ3) is 3.35. The molecule has 2 aliphatic rings. The topological polar surface area (TPSA) is 93.1 Å². The Kier molecular flexibility index (Phi) is 5.30. The van der Waals surface area contributed by atoms with Gasteiger partial charge in [0.25, 0.3) is 0 Å². The van der Waals surface area contributed by atoms with Gasteiger partial charge in [-0.2, -0.15) is 0 Å². The number of carbonyl (C=O) groups excluding carboxylic acids is 2. The monoisotopic (exact) mass is 409 g/mol. The summed E-state index contributed by atoms with van der Waals surface area (Å²) in [4.78, 5) is 39.9. The van der Waals surface area contributed by atoms with Gasteiger partial charge in [0.2, 0.25) is 5.78 Å². The number of likely N-dealkylation sites (tertiary alicyclic amines) is 1. The number of nitrogens with zero attached hydrogens (tertiary/aromatic N) is 1. The van der Waals surface area contributed by atoms with Gasteiger partial charge in [-0.25, -0.2) is 0 Å². The van der Waals surface area contributed by atoms with Gasteiger partial charge in [-0.3, -0.25) is 19.3 Å². The van der Waals surface area contributed by atoms with Crippen LogP contribution in [-0.2, 0) is 11.3 Å². The van der Waals surface area contributed by atoms with Crippen LogP contribution in [0.2, 0.25) is 0 Å². The van der Waals surface area contributed by atoms with Crippen molar-refractivity contribution in [2.24, 2.45) is 5.92 Å². The number of rotatable bonds is 5. The summed E-state index contributed by atoms with van der Waals surface area (Å²) in [5, 5.41) is 9.32. The van der Waals surface area contributed by atoms with Crippen LogP contribution in [0.1, 0.15) is 50.2 Å². The van der Waals surface area contributed by atoms with E-state index in [1.807, 2.05) is 0 Å². The zero-order valence-corrected chi connectivity index (χ0v) is 16.9. The Morgan fingerprint density at radius 1 is 1.07 bits per heavy atom. The Bertz CT molecular complexity index is 1040. The van der Waals surface area contributed by atoms with Gasteiger partial charge in [-0.05, 0) is 43.1 Å². The second-order valence-electron chi connectivity index (χ2n) is 7.67. The minimum absolute atomic E-state index is 0.241. The summed E-state index contributed by atoms with van der Waals surface area (Å²) in [6, 6.07) is 8.46. The Balaban J connectivity index is 1.72. The molecular weight excluding hydrogens is 386 g/mol. The predicted molar refractivity (Wildman–Crippen MR) is 108 cm³/mol. The number of aliphatic carboxylic acids is 1. The first-order chi connectivity index (χ1) is 14.4. The van der Waals surface area contributed by atoms with Crippen molar-refractivity contribution in [2.45, 2.75) is 19.4 Å². The molecule has 7 heteroatoms. The van der Waals surface area contributed by atoms with Crippen LogP contribution in [0.5, 0.6) is 11.5 Å². The van der Waals surface area contributed by atoms with Crippen molar-refractivity contribution in [3.8, 4) is 11.5 Å². The molecule has 0 aromatic heterocycles. The lowest BCUT2D eigenvalue weighted by Crippen LogP contribution is -2.38. The number of hydrogen-bond acceptors (Lipinski definition) is 6. The number of benzene rings is 2. The molecule has 30 heavy (non-hydrogen) atoms. The smallest absolute Gasteiger partial charge is 0.307 e. The van der Waals surface area contributed by atoms with E-state index >= 15 is 0 Å². The summed E-state index contributed by atoms with van der Waals surface area (Å²) in [5.74, 6) is -1.03. The lowest BCUT2D eigenvalue weighted by molar-refractivity contribution is -0.143. The maximum absolute atomic E-state index is 13.2. The average Bonchev–Trinajstić information content (AvgIpc) is 2.76. The molecule has 2 aromatic carbocycles. The summed E-state index contributed by atoms with van der Waals surface area (Å²) in [7, 11) is 2.93. The van der Waals surface area contributed by atoms with Crippen molar-refractivity contribution in [1.82, 2.24) is 4.90 Å². The lowest BCUT2D eigenvalue weighted by atomic mass is 9.82. The van der Waals surface area contributed by atoms with Crippen molar-refractivity contribution < 1.29 is 29.0 Å². The molecule has 7 nitrogen and oxygen atoms in total. The number of hydrogen-bond donors (Lipinski definition) is 1. The van der Waals surface area contributed by atoms with E-state index < -0.39 is 5.97 Å². The molecule has 0 spiro atoms. The van der Waals surface area contributed by atoms with Gasteiger partial charge < -0.3 is 14.6 Å². The molecule has 1 aliphatic heterocycles. The van der Waals surface area contributed by atoms with Crippen molar-refractivity contribution in [1.29, 1.82) is 0 Å². The highest BCUT2D eigenvalue weighted by Gasteiger charge is 2.35. The van der Waals surface area contributed by atoms with Gasteiger partial charge in [0.05, 0.1) is 31.3 Å². The normalized spacial score (nSPS) is 18.5. The minimum Gasteiger partial charge on any atom is -0.496 e. The highest BCUT2D eigenvalue weighted by Crippen LogP contribution is 2.38. The molecule has 1 atom stereocenters. The summed E-state index contributed by atoms with van der Waals surface area (Å²) in [5.41, 5.74) is 1.93. The number of ether oxygens (including phenoxy) is 2. The van der Waals surface area contributed by atoms with Crippen molar-refractivity contribution in [3.63, 3.8) is 0 Å². The molecule has 1 saturated heterocycles. The molecule has 1 aliphatic carbocycles. The summed E-state index contributed by atoms with van der Waals surface area (Å²) in [6.07, 6.45) is 1.48. The summed E-state index contributed by atoms with van der Waals surface area (Å²) < 4.78 is 10.8. The molecule has 4 rings (SSSR count). The van der Waals surface area contributed by atoms with E-state index in [9.17, 15) is 19.5 Å². The number of methoxy groups -OCH3 is 2. The lowest BCUT2D eigenvalue weighted by Gasteiger charge is -2.31. The molecule has 1 N–H and O–H groups in total. The standard InChI is InChI=1S/C23H23NO6/c1-29-17-7-3-6-15-19(17)22(26)20-16(21(15)25)9-13(10-18(20)30-2)11-24-8-4-5-14(12-24)23(27)28/h3,6-7,9-10,14H,4-5,8,11-12H2,1-2H3,(H,27,28)/t14-/m0/s1. The zero-order chi connectivity index (χ0) is 21.4. The van der Waals surface area contributed by atoms with E-state index in [4.69, 9.17) is 9.47 Å². The molecule has 0 unspecified atom stereocenters. The van der Waals surface area contributed by atoms with Gasteiger partial charge >= 0.3 is 5.97 Å². The first-order valence-electron chi connectivity index (χ1n) is 9.87. The quantitative estimate of drug-likeness (QED) is 0.693. The fourth-order valence-corrected chi connectivity index (χ4v) is 4.39. The number of carbonyl (C=O) groups is 3. The van der Waals surface area contributed by atoms with Gasteiger partial charge in [0.15, 0.2) is 5.78 Å². The van der Waals surface area contributed by atoms with Crippen LogP contribution >= 0.6 is 0 Å². The number of piperidine rings is 1. The van der Waals surface area contributed by atoms with Crippen LogP contribution in [0, 0.1) is 5.92 Å². The number of carboxylic acid groups (broad SMARTS) is 1. The molecule has 2 aromatic rings. The van der Waals surface area contributed by atoms with Gasteiger partial charge in [-0.1, -0.05) is 12.1 Å². The van der Waals surface area contributed by atoms with Crippen molar-refractivity contribution in [2.75, 3.05) is 27.3 Å². The number of ketones is 2. The molecular formula is C23H23NO6. The fourth-order valence-electron chi connectivity index (χ4n) is 4.39. The highest BCUT2D eigenvalue weighted by atomic mass is 16.5. The second kappa shape index (κ2) is 7.91. The third-order valence-corrected chi connectivity index (χ3v) is 5.83. The molecule has 156 valence electrons. The molecule has 0 amide bonds. The van der Waals surface area contributed by atoms with Crippen LogP contribution in [0.3, 0.4) is 0 Å². The van der Waals surface area contributed by atoms with Gasteiger partial charge in [0, 0.05) is 24.2 Å². The van der Waals surface area contributed by atoms with Gasteiger partial charge in [-0.15, -0.1) is 0 Å². The third-order valence-electron chi connectivity index (χ3n) is 5.83. The largest absolute Gasteiger partial charge is 0.496 e. The SMILES string of the molecule is COc1cccc2c1C(=O)c1c(OC)cc(CN3CCC[C@H](C(=O)O)C3)cc1C2=O. The number of carboxylic acids is 1. The van der Waals surface area contributed by atoms with E-state index in [0.29, 0.717) is 42.1 Å². The van der Waals surface area contributed by atoms with Crippen LogP contribution in [0.25, 0.3) is 0 Å². The number of fused-ring (bicyclic) bond motifs is 2. The first kappa shape index (κ1) is 20.1. The van der Waals surface area contributed by atoms with E-state index in [2.05, 4.69) is 4.90 Å². The minimum atomic E-state index is -0.783. The van der Waals surface area contributed by atoms with Crippen LogP contribution < -0.4 is 9.47 Å². The van der Waals surface area contributed by atoms with Crippen molar-refractivity contribution >= 4 is 17.5 Å². The van der Waals surface area contributed by atoms with Crippen LogP contribution in [0.15, 0.2) is 30.3 Å². The van der Waals surface area contributed by atoms with Crippen LogP contribution in [-0.4, -0.2) is 54.9 Å². The van der Waals surface area contributed by atoms with E-state index in [1.165, 1.54) is 14.2 Å². The van der Waals surface area contributed by atoms with Crippen LogP contribution in [0.4, 0.5) is 0 Å². The maximum Gasteiger partial charge on any atom is 0.307 e. The van der Waals surface area contributed by atoms with Gasteiger partial charge in [0.1, 0.15) is 11.5 Å². The molecule has 1 heterocycles. The Morgan fingerprint density at radius 2 is 1.80 bits per heavy atom. The first-order valence-corrected chi connectivity index (χ1v) is 9.87.